The van der Waals surface area contributed by atoms with Crippen molar-refractivity contribution in [2.24, 2.45) is 5.92 Å². The van der Waals surface area contributed by atoms with Crippen molar-refractivity contribution in [2.45, 2.75) is 45.2 Å². The van der Waals surface area contributed by atoms with Crippen molar-refractivity contribution in [2.75, 3.05) is 19.6 Å². The molecule has 0 bridgehead atoms. The van der Waals surface area contributed by atoms with E-state index in [9.17, 15) is 0 Å². The first-order chi connectivity index (χ1) is 6.14. The number of piperazine rings is 1. The molecule has 0 spiro atoms. The second-order valence-electron chi connectivity index (χ2n) is 5.09. The van der Waals surface area contributed by atoms with E-state index in [1.807, 2.05) is 0 Å². The van der Waals surface area contributed by atoms with E-state index in [-0.39, 0.29) is 0 Å². The molecule has 2 heteroatoms. The van der Waals surface area contributed by atoms with E-state index in [2.05, 4.69) is 31.0 Å². The third-order valence-corrected chi connectivity index (χ3v) is 3.82. The van der Waals surface area contributed by atoms with Gasteiger partial charge in [0.2, 0.25) is 0 Å². The Kier molecular flexibility index (Phi) is 2.37. The van der Waals surface area contributed by atoms with Crippen molar-refractivity contribution >= 4 is 0 Å². The highest BCUT2D eigenvalue weighted by Gasteiger charge is 2.41. The first-order valence-corrected chi connectivity index (χ1v) is 5.64. The van der Waals surface area contributed by atoms with Crippen LogP contribution in [-0.2, 0) is 0 Å². The summed E-state index contributed by atoms with van der Waals surface area (Å²) in [4.78, 5) is 2.69. The molecule has 1 aliphatic heterocycles. The summed E-state index contributed by atoms with van der Waals surface area (Å²) < 4.78 is 0. The minimum atomic E-state index is 0.376. The van der Waals surface area contributed by atoms with Gasteiger partial charge in [0, 0.05) is 31.2 Å². The topological polar surface area (TPSA) is 15.3 Å². The summed E-state index contributed by atoms with van der Waals surface area (Å²) in [7, 11) is 0. The lowest BCUT2D eigenvalue weighted by atomic mass is 9.96. The number of nitrogens with zero attached hydrogens (tertiary/aromatic N) is 1. The van der Waals surface area contributed by atoms with Crippen LogP contribution in [0.5, 0.6) is 0 Å². The largest absolute Gasteiger partial charge is 0.309 e. The lowest BCUT2D eigenvalue weighted by molar-refractivity contribution is 0.128. The monoisotopic (exact) mass is 182 g/mol. The van der Waals surface area contributed by atoms with Gasteiger partial charge in [-0.05, 0) is 25.7 Å². The van der Waals surface area contributed by atoms with Gasteiger partial charge in [-0.25, -0.2) is 0 Å². The highest BCUT2D eigenvalue weighted by Crippen LogP contribution is 2.36. The van der Waals surface area contributed by atoms with Gasteiger partial charge in [0.1, 0.15) is 0 Å². The van der Waals surface area contributed by atoms with E-state index in [1.54, 1.807) is 0 Å². The van der Waals surface area contributed by atoms with Crippen molar-refractivity contribution in [3.05, 3.63) is 0 Å². The fourth-order valence-corrected chi connectivity index (χ4v) is 2.42. The molecule has 1 heterocycles. The molecule has 2 rings (SSSR count). The Morgan fingerprint density at radius 1 is 1.54 bits per heavy atom. The average molecular weight is 182 g/mol. The summed E-state index contributed by atoms with van der Waals surface area (Å²) in [5.41, 5.74) is 0.376. The highest BCUT2D eigenvalue weighted by atomic mass is 15.3. The van der Waals surface area contributed by atoms with Gasteiger partial charge in [-0.15, -0.1) is 0 Å². The molecule has 1 aliphatic carbocycles. The van der Waals surface area contributed by atoms with E-state index < -0.39 is 0 Å². The standard InChI is InChI=1S/C11H22N2/c1-4-11(3)8-13(6-5-12-11)10-7-9(10)2/h9-10,12H,4-8H2,1-3H3. The second-order valence-corrected chi connectivity index (χ2v) is 5.09. The molecule has 3 atom stereocenters. The number of nitrogens with one attached hydrogen (secondary N) is 1. The van der Waals surface area contributed by atoms with Crippen LogP contribution in [-0.4, -0.2) is 36.1 Å². The fraction of sp³-hybridized carbons (Fsp3) is 1.00. The third kappa shape index (κ3) is 1.89. The van der Waals surface area contributed by atoms with Crippen LogP contribution in [0.25, 0.3) is 0 Å². The number of hydrogen-bond acceptors (Lipinski definition) is 2. The Hall–Kier alpha value is -0.0800. The minimum Gasteiger partial charge on any atom is -0.309 e. The van der Waals surface area contributed by atoms with Gasteiger partial charge >= 0.3 is 0 Å². The maximum absolute atomic E-state index is 3.63. The maximum atomic E-state index is 3.63. The van der Waals surface area contributed by atoms with Crippen LogP contribution in [0, 0.1) is 5.92 Å². The van der Waals surface area contributed by atoms with Crippen molar-refractivity contribution in [1.82, 2.24) is 10.2 Å². The lowest BCUT2D eigenvalue weighted by Crippen LogP contribution is -2.59. The van der Waals surface area contributed by atoms with Crippen LogP contribution in [0.15, 0.2) is 0 Å². The highest BCUT2D eigenvalue weighted by molar-refractivity contribution is 4.99. The Labute approximate surface area is 81.7 Å². The van der Waals surface area contributed by atoms with Crippen LogP contribution < -0.4 is 5.32 Å². The molecule has 2 aliphatic rings. The number of hydrogen-bond donors (Lipinski definition) is 1. The van der Waals surface area contributed by atoms with E-state index >= 15 is 0 Å². The SMILES string of the molecule is CCC1(C)CN(C2CC2C)CCN1. The quantitative estimate of drug-likeness (QED) is 0.695. The molecule has 1 saturated heterocycles. The number of rotatable bonds is 2. The molecule has 2 nitrogen and oxygen atoms in total. The molecule has 1 N–H and O–H groups in total. The van der Waals surface area contributed by atoms with Gasteiger partial charge in [0.05, 0.1) is 0 Å². The molecule has 1 saturated carbocycles. The predicted octanol–water partition coefficient (Wildman–Crippen LogP) is 1.47. The second kappa shape index (κ2) is 3.25. The molecule has 76 valence electrons. The molecule has 0 radical (unpaired) electrons. The minimum absolute atomic E-state index is 0.376. The molecule has 2 fully saturated rings. The zero-order valence-corrected chi connectivity index (χ0v) is 9.14. The Balaban J connectivity index is 1.92. The first kappa shape index (κ1) is 9.47. The summed E-state index contributed by atoms with van der Waals surface area (Å²) >= 11 is 0. The summed E-state index contributed by atoms with van der Waals surface area (Å²) in [5.74, 6) is 0.958. The van der Waals surface area contributed by atoms with Crippen LogP contribution in [0.2, 0.25) is 0 Å². The predicted molar refractivity (Wildman–Crippen MR) is 55.8 cm³/mol. The van der Waals surface area contributed by atoms with E-state index in [0.29, 0.717) is 5.54 Å². The molecular weight excluding hydrogens is 160 g/mol. The van der Waals surface area contributed by atoms with E-state index in [0.717, 1.165) is 12.0 Å². The Morgan fingerprint density at radius 2 is 2.23 bits per heavy atom. The Morgan fingerprint density at radius 3 is 2.77 bits per heavy atom. The average Bonchev–Trinajstić information content (AvgIpc) is 2.83. The van der Waals surface area contributed by atoms with Crippen LogP contribution in [0.4, 0.5) is 0 Å². The van der Waals surface area contributed by atoms with Crippen LogP contribution >= 0.6 is 0 Å². The zero-order chi connectivity index (χ0) is 9.47. The normalized spacial score (nSPS) is 46.4. The zero-order valence-electron chi connectivity index (χ0n) is 9.14. The molecule has 3 unspecified atom stereocenters. The molecule has 0 aromatic rings. The van der Waals surface area contributed by atoms with Crippen molar-refractivity contribution in [3.63, 3.8) is 0 Å². The van der Waals surface area contributed by atoms with Crippen LogP contribution in [0.1, 0.15) is 33.6 Å². The molecule has 0 amide bonds. The summed E-state index contributed by atoms with van der Waals surface area (Å²) in [5, 5.41) is 3.63. The van der Waals surface area contributed by atoms with E-state index in [4.69, 9.17) is 0 Å². The lowest BCUT2D eigenvalue weighted by Gasteiger charge is -2.41. The summed E-state index contributed by atoms with van der Waals surface area (Å²) in [6.07, 6.45) is 2.67. The summed E-state index contributed by atoms with van der Waals surface area (Å²) in [6, 6.07) is 0.910. The van der Waals surface area contributed by atoms with Crippen molar-refractivity contribution in [1.29, 1.82) is 0 Å². The van der Waals surface area contributed by atoms with Gasteiger partial charge in [-0.2, -0.15) is 0 Å². The van der Waals surface area contributed by atoms with Crippen LogP contribution in [0.3, 0.4) is 0 Å². The fourth-order valence-electron chi connectivity index (χ4n) is 2.42. The molecule has 0 aromatic heterocycles. The molecule has 13 heavy (non-hydrogen) atoms. The molecular formula is C11H22N2. The smallest absolute Gasteiger partial charge is 0.0278 e. The Bertz CT molecular complexity index is 193. The third-order valence-electron chi connectivity index (χ3n) is 3.82. The van der Waals surface area contributed by atoms with Gasteiger partial charge in [-0.3, -0.25) is 4.90 Å². The summed E-state index contributed by atoms with van der Waals surface area (Å²) in [6.45, 7) is 10.7. The van der Waals surface area contributed by atoms with E-state index in [1.165, 1.54) is 32.5 Å². The molecule has 0 aromatic carbocycles. The first-order valence-electron chi connectivity index (χ1n) is 5.64. The van der Waals surface area contributed by atoms with Gasteiger partial charge in [-0.1, -0.05) is 13.8 Å². The van der Waals surface area contributed by atoms with Crippen molar-refractivity contribution < 1.29 is 0 Å². The maximum Gasteiger partial charge on any atom is 0.0278 e. The van der Waals surface area contributed by atoms with Gasteiger partial charge in [0.25, 0.3) is 0 Å². The van der Waals surface area contributed by atoms with Gasteiger partial charge < -0.3 is 5.32 Å². The van der Waals surface area contributed by atoms with Crippen molar-refractivity contribution in [3.8, 4) is 0 Å². The van der Waals surface area contributed by atoms with Gasteiger partial charge in [0.15, 0.2) is 0 Å².